The van der Waals surface area contributed by atoms with Crippen molar-refractivity contribution in [1.82, 2.24) is 20.1 Å². The molecule has 1 atom stereocenters. The third-order valence-electron chi connectivity index (χ3n) is 4.01. The van der Waals surface area contributed by atoms with E-state index >= 15 is 0 Å². The lowest BCUT2D eigenvalue weighted by Crippen LogP contribution is -2.45. The second-order valence-corrected chi connectivity index (χ2v) is 5.94. The molecule has 1 aliphatic heterocycles. The highest BCUT2D eigenvalue weighted by atomic mass is 16.1. The summed E-state index contributed by atoms with van der Waals surface area (Å²) in [7, 11) is 2.14. The van der Waals surface area contributed by atoms with Gasteiger partial charge in [-0.2, -0.15) is 0 Å². The van der Waals surface area contributed by atoms with Crippen molar-refractivity contribution in [3.63, 3.8) is 0 Å². The number of nitrogens with one attached hydrogen (secondary N) is 1. The number of carbonyl (C=O) groups is 1. The molecule has 0 aromatic carbocycles. The van der Waals surface area contributed by atoms with Crippen molar-refractivity contribution in [3.8, 4) is 0 Å². The van der Waals surface area contributed by atoms with E-state index in [0.717, 1.165) is 44.0 Å². The maximum Gasteiger partial charge on any atom is 0.221 e. The minimum atomic E-state index is -0.0365. The largest absolute Gasteiger partial charge is 0.348 e. The average molecular weight is 290 g/mol. The number of amides is 1. The summed E-state index contributed by atoms with van der Waals surface area (Å²) in [5.74, 6) is 0.101. The van der Waals surface area contributed by atoms with Gasteiger partial charge in [0.05, 0.1) is 11.7 Å². The molecule has 1 aliphatic rings. The van der Waals surface area contributed by atoms with Gasteiger partial charge < -0.3 is 15.1 Å². The number of aromatic nitrogens is 1. The van der Waals surface area contributed by atoms with E-state index in [1.54, 1.807) is 0 Å². The Balaban J connectivity index is 1.72. The fourth-order valence-electron chi connectivity index (χ4n) is 2.45. The molecule has 1 saturated heterocycles. The molecule has 1 N–H and O–H groups in total. The van der Waals surface area contributed by atoms with E-state index in [4.69, 9.17) is 0 Å². The van der Waals surface area contributed by atoms with E-state index in [-0.39, 0.29) is 11.9 Å². The number of carbonyl (C=O) groups excluding carboxylic acids is 1. The van der Waals surface area contributed by atoms with Crippen molar-refractivity contribution in [2.75, 3.05) is 39.8 Å². The van der Waals surface area contributed by atoms with Crippen LogP contribution in [0.15, 0.2) is 18.3 Å². The third-order valence-corrected chi connectivity index (χ3v) is 4.01. The van der Waals surface area contributed by atoms with Gasteiger partial charge >= 0.3 is 0 Å². The highest BCUT2D eigenvalue weighted by Crippen LogP contribution is 2.10. The molecule has 21 heavy (non-hydrogen) atoms. The summed E-state index contributed by atoms with van der Waals surface area (Å²) in [6, 6.07) is 3.96. The number of aryl methyl sites for hydroxylation is 1. The van der Waals surface area contributed by atoms with Crippen LogP contribution >= 0.6 is 0 Å². The highest BCUT2D eigenvalue weighted by molar-refractivity contribution is 5.76. The number of rotatable bonds is 5. The summed E-state index contributed by atoms with van der Waals surface area (Å²) in [5.41, 5.74) is 2.04. The first-order chi connectivity index (χ1) is 10.0. The van der Waals surface area contributed by atoms with Crippen molar-refractivity contribution < 1.29 is 4.79 Å². The van der Waals surface area contributed by atoms with Gasteiger partial charge in [0.25, 0.3) is 0 Å². The Kier molecular flexibility index (Phi) is 5.70. The first kappa shape index (κ1) is 15.9. The zero-order valence-electron chi connectivity index (χ0n) is 13.3. The monoisotopic (exact) mass is 290 g/mol. The SMILES string of the molecule is Cc1ccc([C@H](C)NC(=O)CCN2CCN(C)CC2)nc1. The molecule has 0 saturated carbocycles. The molecular weight excluding hydrogens is 264 g/mol. The molecule has 5 heteroatoms. The van der Waals surface area contributed by atoms with Gasteiger partial charge in [0.1, 0.15) is 0 Å². The van der Waals surface area contributed by atoms with Crippen molar-refractivity contribution in [2.45, 2.75) is 26.3 Å². The molecule has 1 amide bonds. The van der Waals surface area contributed by atoms with E-state index in [0.29, 0.717) is 6.42 Å². The van der Waals surface area contributed by atoms with Crippen LogP contribution in [0.5, 0.6) is 0 Å². The molecule has 116 valence electrons. The molecule has 0 aliphatic carbocycles. The van der Waals surface area contributed by atoms with Gasteiger partial charge in [0.15, 0.2) is 0 Å². The quantitative estimate of drug-likeness (QED) is 0.885. The number of piperazine rings is 1. The van der Waals surface area contributed by atoms with Crippen molar-refractivity contribution in [3.05, 3.63) is 29.6 Å². The average Bonchev–Trinajstić information content (AvgIpc) is 2.47. The molecule has 5 nitrogen and oxygen atoms in total. The topological polar surface area (TPSA) is 48.5 Å². The molecule has 0 unspecified atom stereocenters. The van der Waals surface area contributed by atoms with Crippen LogP contribution in [0.4, 0.5) is 0 Å². The Morgan fingerprint density at radius 3 is 2.67 bits per heavy atom. The molecule has 1 fully saturated rings. The van der Waals surface area contributed by atoms with Crippen LogP contribution < -0.4 is 5.32 Å². The smallest absolute Gasteiger partial charge is 0.221 e. The lowest BCUT2D eigenvalue weighted by molar-refractivity contribution is -0.122. The molecule has 2 rings (SSSR count). The molecule has 0 radical (unpaired) electrons. The lowest BCUT2D eigenvalue weighted by atomic mass is 10.2. The van der Waals surface area contributed by atoms with Crippen LogP contribution in [0, 0.1) is 6.92 Å². The fourth-order valence-corrected chi connectivity index (χ4v) is 2.45. The van der Waals surface area contributed by atoms with Gasteiger partial charge in [-0.05, 0) is 32.5 Å². The molecule has 1 aromatic rings. The third kappa shape index (κ3) is 5.10. The van der Waals surface area contributed by atoms with Gasteiger partial charge in [0, 0.05) is 45.3 Å². The predicted molar refractivity (Wildman–Crippen MR) is 84.1 cm³/mol. The second-order valence-electron chi connectivity index (χ2n) is 5.94. The molecule has 0 bridgehead atoms. The Morgan fingerprint density at radius 2 is 2.05 bits per heavy atom. The summed E-state index contributed by atoms with van der Waals surface area (Å²) >= 11 is 0. The van der Waals surface area contributed by atoms with E-state index in [1.165, 1.54) is 0 Å². The van der Waals surface area contributed by atoms with Gasteiger partial charge in [0.2, 0.25) is 5.91 Å². The Morgan fingerprint density at radius 1 is 1.33 bits per heavy atom. The zero-order chi connectivity index (χ0) is 15.2. The van der Waals surface area contributed by atoms with Crippen LogP contribution in [0.1, 0.15) is 30.6 Å². The van der Waals surface area contributed by atoms with Gasteiger partial charge in [-0.15, -0.1) is 0 Å². The van der Waals surface area contributed by atoms with E-state index in [9.17, 15) is 4.79 Å². The van der Waals surface area contributed by atoms with Crippen LogP contribution in [0.3, 0.4) is 0 Å². The lowest BCUT2D eigenvalue weighted by Gasteiger charge is -2.32. The number of hydrogen-bond donors (Lipinski definition) is 1. The molecule has 0 spiro atoms. The molecule has 2 heterocycles. The van der Waals surface area contributed by atoms with Crippen molar-refractivity contribution in [1.29, 1.82) is 0 Å². The summed E-state index contributed by atoms with van der Waals surface area (Å²) in [6.45, 7) is 9.11. The number of hydrogen-bond acceptors (Lipinski definition) is 4. The standard InChI is InChI=1S/C16H26N4O/c1-13-4-5-15(17-12-13)14(2)18-16(21)6-7-20-10-8-19(3)9-11-20/h4-5,12,14H,6-11H2,1-3H3,(H,18,21)/t14-/m0/s1. The van der Waals surface area contributed by atoms with Crippen LogP contribution in [0.2, 0.25) is 0 Å². The first-order valence-corrected chi connectivity index (χ1v) is 7.67. The maximum absolute atomic E-state index is 12.0. The number of likely N-dealkylation sites (N-methyl/N-ethyl adjacent to an activating group) is 1. The van der Waals surface area contributed by atoms with Gasteiger partial charge in [-0.1, -0.05) is 6.07 Å². The Bertz CT molecular complexity index is 452. The predicted octanol–water partition coefficient (Wildman–Crippen LogP) is 1.20. The van der Waals surface area contributed by atoms with E-state index in [1.807, 2.05) is 32.2 Å². The second kappa shape index (κ2) is 7.52. The minimum absolute atomic E-state index is 0.0365. The summed E-state index contributed by atoms with van der Waals surface area (Å²) in [5, 5.41) is 3.03. The van der Waals surface area contributed by atoms with Gasteiger partial charge in [-0.3, -0.25) is 9.78 Å². The van der Waals surface area contributed by atoms with Crippen LogP contribution in [-0.2, 0) is 4.79 Å². The van der Waals surface area contributed by atoms with Crippen LogP contribution in [-0.4, -0.2) is 60.5 Å². The van der Waals surface area contributed by atoms with E-state index in [2.05, 4.69) is 27.1 Å². The minimum Gasteiger partial charge on any atom is -0.348 e. The Hall–Kier alpha value is -1.46. The summed E-state index contributed by atoms with van der Waals surface area (Å²) in [4.78, 5) is 21.1. The van der Waals surface area contributed by atoms with Crippen LogP contribution in [0.25, 0.3) is 0 Å². The zero-order valence-corrected chi connectivity index (χ0v) is 13.3. The van der Waals surface area contributed by atoms with Crippen molar-refractivity contribution >= 4 is 5.91 Å². The van der Waals surface area contributed by atoms with Gasteiger partial charge in [-0.25, -0.2) is 0 Å². The normalized spacial score (nSPS) is 18.4. The summed E-state index contributed by atoms with van der Waals surface area (Å²) < 4.78 is 0. The molecule has 1 aromatic heterocycles. The molecular formula is C16H26N4O. The van der Waals surface area contributed by atoms with Crippen molar-refractivity contribution in [2.24, 2.45) is 0 Å². The first-order valence-electron chi connectivity index (χ1n) is 7.67. The summed E-state index contributed by atoms with van der Waals surface area (Å²) in [6.07, 6.45) is 2.39. The highest BCUT2D eigenvalue weighted by Gasteiger charge is 2.16. The number of pyridine rings is 1. The number of nitrogens with zero attached hydrogens (tertiary/aromatic N) is 3. The van der Waals surface area contributed by atoms with E-state index < -0.39 is 0 Å². The maximum atomic E-state index is 12.0. The Labute approximate surface area is 127 Å². The fraction of sp³-hybridized carbons (Fsp3) is 0.625.